The molecule has 1 saturated heterocycles. The maximum absolute atomic E-state index is 8.77. The highest BCUT2D eigenvalue weighted by Crippen LogP contribution is 2.30. The van der Waals surface area contributed by atoms with Crippen LogP contribution in [0.4, 0.5) is 11.4 Å². The van der Waals surface area contributed by atoms with Gasteiger partial charge in [-0.1, -0.05) is 0 Å². The van der Waals surface area contributed by atoms with Crippen LogP contribution in [-0.2, 0) is 11.2 Å². The summed E-state index contributed by atoms with van der Waals surface area (Å²) in [4.78, 5) is 0. The second kappa shape index (κ2) is 4.87. The van der Waals surface area contributed by atoms with Gasteiger partial charge in [-0.05, 0) is 44.0 Å². The van der Waals surface area contributed by atoms with Gasteiger partial charge in [0.05, 0.1) is 24.1 Å². The van der Waals surface area contributed by atoms with Crippen LogP contribution in [0.1, 0.15) is 25.8 Å². The average Bonchev–Trinajstić information content (AvgIpc) is 2.64. The normalized spacial score (nSPS) is 26.8. The zero-order valence-electron chi connectivity index (χ0n) is 10.9. The van der Waals surface area contributed by atoms with E-state index in [1.807, 2.05) is 18.2 Å². The number of nitrogens with two attached hydrogens (primary N) is 1. The van der Waals surface area contributed by atoms with Crippen LogP contribution in [0.5, 0.6) is 0 Å². The number of anilines is 2. The van der Waals surface area contributed by atoms with E-state index in [1.54, 1.807) is 0 Å². The summed E-state index contributed by atoms with van der Waals surface area (Å²) in [5, 5.41) is 12.3. The van der Waals surface area contributed by atoms with E-state index < -0.39 is 0 Å². The third-order valence-electron chi connectivity index (χ3n) is 3.73. The van der Waals surface area contributed by atoms with Gasteiger partial charge in [-0.3, -0.25) is 0 Å². The van der Waals surface area contributed by atoms with Crippen molar-refractivity contribution >= 4 is 11.4 Å². The fourth-order valence-electron chi connectivity index (χ4n) is 2.25. The highest BCUT2D eigenvalue weighted by Gasteiger charge is 2.36. The summed E-state index contributed by atoms with van der Waals surface area (Å²) in [6, 6.07) is 7.88. The SMILES string of the molecule is CC1OCCC1(C)Nc1ccc(N)c(CC#N)c1. The number of nitriles is 1. The van der Waals surface area contributed by atoms with E-state index in [-0.39, 0.29) is 11.6 Å². The zero-order valence-corrected chi connectivity index (χ0v) is 10.9. The van der Waals surface area contributed by atoms with Crippen LogP contribution in [0.3, 0.4) is 0 Å². The van der Waals surface area contributed by atoms with Gasteiger partial charge < -0.3 is 15.8 Å². The Morgan fingerprint density at radius 2 is 2.39 bits per heavy atom. The van der Waals surface area contributed by atoms with Crippen molar-refractivity contribution in [2.45, 2.75) is 38.3 Å². The molecule has 0 amide bonds. The molecule has 0 saturated carbocycles. The van der Waals surface area contributed by atoms with E-state index in [4.69, 9.17) is 15.7 Å². The lowest BCUT2D eigenvalue weighted by Crippen LogP contribution is -2.41. The number of nitrogens with zero attached hydrogens (tertiary/aromatic N) is 1. The lowest BCUT2D eigenvalue weighted by atomic mass is 9.94. The average molecular weight is 245 g/mol. The van der Waals surface area contributed by atoms with Crippen molar-refractivity contribution < 1.29 is 4.74 Å². The van der Waals surface area contributed by atoms with Crippen LogP contribution in [0.25, 0.3) is 0 Å². The number of hydrogen-bond donors (Lipinski definition) is 2. The highest BCUT2D eigenvalue weighted by molar-refractivity contribution is 5.59. The molecule has 1 aliphatic rings. The number of rotatable bonds is 3. The van der Waals surface area contributed by atoms with E-state index >= 15 is 0 Å². The van der Waals surface area contributed by atoms with Gasteiger partial charge in [0, 0.05) is 18.0 Å². The smallest absolute Gasteiger partial charge is 0.0774 e. The molecule has 4 heteroatoms. The van der Waals surface area contributed by atoms with Crippen LogP contribution >= 0.6 is 0 Å². The Labute approximate surface area is 108 Å². The van der Waals surface area contributed by atoms with Crippen molar-refractivity contribution in [3.63, 3.8) is 0 Å². The second-order valence-corrected chi connectivity index (χ2v) is 5.05. The van der Waals surface area contributed by atoms with Gasteiger partial charge in [-0.2, -0.15) is 5.26 Å². The van der Waals surface area contributed by atoms with Gasteiger partial charge in [0.1, 0.15) is 0 Å². The fourth-order valence-corrected chi connectivity index (χ4v) is 2.25. The van der Waals surface area contributed by atoms with Crippen LogP contribution in [0, 0.1) is 11.3 Å². The van der Waals surface area contributed by atoms with Crippen molar-refractivity contribution in [3.05, 3.63) is 23.8 Å². The number of nitrogens with one attached hydrogen (secondary N) is 1. The first-order chi connectivity index (χ1) is 8.55. The second-order valence-electron chi connectivity index (χ2n) is 5.05. The Morgan fingerprint density at radius 1 is 1.61 bits per heavy atom. The minimum Gasteiger partial charge on any atom is -0.398 e. The van der Waals surface area contributed by atoms with Crippen LogP contribution in [0.15, 0.2) is 18.2 Å². The molecule has 3 N–H and O–H groups in total. The molecule has 0 aliphatic carbocycles. The Bertz CT molecular complexity index is 480. The minimum absolute atomic E-state index is 0.0555. The van der Waals surface area contributed by atoms with Crippen molar-refractivity contribution in [2.24, 2.45) is 0 Å². The Morgan fingerprint density at radius 3 is 3.00 bits per heavy atom. The zero-order chi connectivity index (χ0) is 13.2. The Hall–Kier alpha value is -1.73. The first-order valence-corrected chi connectivity index (χ1v) is 6.20. The van der Waals surface area contributed by atoms with E-state index in [0.29, 0.717) is 12.1 Å². The maximum atomic E-state index is 8.77. The van der Waals surface area contributed by atoms with E-state index in [1.165, 1.54) is 0 Å². The summed E-state index contributed by atoms with van der Waals surface area (Å²) in [6.07, 6.45) is 1.49. The largest absolute Gasteiger partial charge is 0.398 e. The van der Waals surface area contributed by atoms with Crippen molar-refractivity contribution in [1.29, 1.82) is 5.26 Å². The number of benzene rings is 1. The van der Waals surface area contributed by atoms with Crippen LogP contribution in [-0.4, -0.2) is 18.2 Å². The monoisotopic (exact) mass is 245 g/mol. The van der Waals surface area contributed by atoms with Gasteiger partial charge in [-0.25, -0.2) is 0 Å². The predicted molar refractivity (Wildman–Crippen MR) is 72.2 cm³/mol. The van der Waals surface area contributed by atoms with E-state index in [9.17, 15) is 0 Å². The molecule has 1 fully saturated rings. The summed E-state index contributed by atoms with van der Waals surface area (Å²) in [5.74, 6) is 0. The standard InChI is InChI=1S/C14H19N3O/c1-10-14(2,6-8-18-10)17-12-3-4-13(16)11(9-12)5-7-15/h3-4,9-10,17H,5-6,8,16H2,1-2H3. The minimum atomic E-state index is -0.0555. The molecule has 0 aromatic heterocycles. The molecule has 0 bridgehead atoms. The molecule has 1 aromatic carbocycles. The quantitative estimate of drug-likeness (QED) is 0.802. The van der Waals surface area contributed by atoms with Gasteiger partial charge in [0.15, 0.2) is 0 Å². The Balaban J connectivity index is 2.19. The van der Waals surface area contributed by atoms with Gasteiger partial charge >= 0.3 is 0 Å². The van der Waals surface area contributed by atoms with Gasteiger partial charge in [0.2, 0.25) is 0 Å². The summed E-state index contributed by atoms with van der Waals surface area (Å²) < 4.78 is 5.60. The third-order valence-corrected chi connectivity index (χ3v) is 3.73. The lowest BCUT2D eigenvalue weighted by molar-refractivity contribution is 0.105. The molecular formula is C14H19N3O. The van der Waals surface area contributed by atoms with Crippen molar-refractivity contribution in [1.82, 2.24) is 0 Å². The molecular weight excluding hydrogens is 226 g/mol. The number of hydrogen-bond acceptors (Lipinski definition) is 4. The molecule has 2 rings (SSSR count). The van der Waals surface area contributed by atoms with Crippen molar-refractivity contribution in [3.8, 4) is 6.07 Å². The molecule has 96 valence electrons. The predicted octanol–water partition coefficient (Wildman–Crippen LogP) is 2.31. The first-order valence-electron chi connectivity index (χ1n) is 6.20. The van der Waals surface area contributed by atoms with Crippen LogP contribution in [0.2, 0.25) is 0 Å². The van der Waals surface area contributed by atoms with Gasteiger partial charge in [-0.15, -0.1) is 0 Å². The van der Waals surface area contributed by atoms with Gasteiger partial charge in [0.25, 0.3) is 0 Å². The third kappa shape index (κ3) is 2.41. The summed E-state index contributed by atoms with van der Waals surface area (Å²) in [6.45, 7) is 5.02. The fraction of sp³-hybridized carbons (Fsp3) is 0.500. The van der Waals surface area contributed by atoms with Crippen molar-refractivity contribution in [2.75, 3.05) is 17.7 Å². The molecule has 0 spiro atoms. The summed E-state index contributed by atoms with van der Waals surface area (Å²) in [5.41, 5.74) is 8.32. The van der Waals surface area contributed by atoms with Crippen LogP contribution < -0.4 is 11.1 Å². The molecule has 1 aromatic rings. The summed E-state index contributed by atoms with van der Waals surface area (Å²) >= 11 is 0. The summed E-state index contributed by atoms with van der Waals surface area (Å²) in [7, 11) is 0. The molecule has 18 heavy (non-hydrogen) atoms. The lowest BCUT2D eigenvalue weighted by Gasteiger charge is -2.30. The molecule has 2 atom stereocenters. The highest BCUT2D eigenvalue weighted by atomic mass is 16.5. The Kier molecular flexibility index (Phi) is 3.44. The number of nitrogen functional groups attached to an aromatic ring is 1. The number of ether oxygens (including phenoxy) is 1. The molecule has 1 aliphatic heterocycles. The maximum Gasteiger partial charge on any atom is 0.0774 e. The molecule has 2 unspecified atom stereocenters. The topological polar surface area (TPSA) is 71.1 Å². The first kappa shape index (κ1) is 12.7. The van der Waals surface area contributed by atoms with E-state index in [0.717, 1.165) is 24.3 Å². The van der Waals surface area contributed by atoms with E-state index in [2.05, 4.69) is 25.2 Å². The molecule has 0 radical (unpaired) electrons. The molecule has 1 heterocycles. The molecule has 4 nitrogen and oxygen atoms in total.